The van der Waals surface area contributed by atoms with Crippen LogP contribution in [0.25, 0.3) is 0 Å². The second-order valence-electron chi connectivity index (χ2n) is 6.56. The summed E-state index contributed by atoms with van der Waals surface area (Å²) in [5.41, 5.74) is 14.0. The van der Waals surface area contributed by atoms with E-state index in [0.717, 1.165) is 12.0 Å². The number of amides is 2. The summed E-state index contributed by atoms with van der Waals surface area (Å²) in [5, 5.41) is 2.85. The van der Waals surface area contributed by atoms with Crippen molar-refractivity contribution in [1.29, 1.82) is 0 Å². The molecule has 1 saturated heterocycles. The van der Waals surface area contributed by atoms with E-state index in [1.54, 1.807) is 17.0 Å². The summed E-state index contributed by atoms with van der Waals surface area (Å²) in [5.74, 6) is -0.295. The average Bonchev–Trinajstić information content (AvgIpc) is 3.18. The highest BCUT2D eigenvalue weighted by molar-refractivity contribution is 5.88. The Hall–Kier alpha value is -2.86. The van der Waals surface area contributed by atoms with E-state index in [1.165, 1.54) is 5.56 Å². The van der Waals surface area contributed by atoms with Gasteiger partial charge in [0, 0.05) is 18.8 Å². The van der Waals surface area contributed by atoms with E-state index in [9.17, 15) is 9.59 Å². The van der Waals surface area contributed by atoms with Crippen molar-refractivity contribution in [2.75, 3.05) is 18.8 Å². The van der Waals surface area contributed by atoms with Gasteiger partial charge in [0.05, 0.1) is 6.54 Å². The SMILES string of the molecule is Cc1ccccc1.NCC(=O)N1CCCC1C(=O)NCc1ccc(N)cc1. The smallest absolute Gasteiger partial charge is 0.243 e. The second kappa shape index (κ2) is 10.3. The van der Waals surface area contributed by atoms with E-state index >= 15 is 0 Å². The normalized spacial score (nSPS) is 15.6. The summed E-state index contributed by atoms with van der Waals surface area (Å²) in [6, 6.07) is 17.2. The molecule has 6 heteroatoms. The summed E-state index contributed by atoms with van der Waals surface area (Å²) in [6.45, 7) is 3.07. The van der Waals surface area contributed by atoms with Crippen LogP contribution in [-0.2, 0) is 16.1 Å². The lowest BCUT2D eigenvalue weighted by Crippen LogP contribution is -2.47. The number of rotatable bonds is 4. The molecule has 2 amide bonds. The first-order chi connectivity index (χ1) is 13.0. The first kappa shape index (κ1) is 20.5. The molecule has 0 aliphatic carbocycles. The number of nitrogen functional groups attached to an aromatic ring is 1. The molecule has 0 aromatic heterocycles. The maximum absolute atomic E-state index is 12.1. The molecule has 27 heavy (non-hydrogen) atoms. The highest BCUT2D eigenvalue weighted by atomic mass is 16.2. The minimum atomic E-state index is -0.389. The lowest BCUT2D eigenvalue weighted by atomic mass is 10.1. The van der Waals surface area contributed by atoms with Gasteiger partial charge < -0.3 is 21.7 Å². The third kappa shape index (κ3) is 6.42. The molecule has 2 aromatic rings. The van der Waals surface area contributed by atoms with Crippen molar-refractivity contribution in [2.45, 2.75) is 32.4 Å². The van der Waals surface area contributed by atoms with Gasteiger partial charge in [0.25, 0.3) is 0 Å². The van der Waals surface area contributed by atoms with E-state index in [2.05, 4.69) is 24.4 Å². The van der Waals surface area contributed by atoms with Crippen molar-refractivity contribution >= 4 is 17.5 Å². The molecule has 1 heterocycles. The van der Waals surface area contributed by atoms with Crippen LogP contribution in [0.1, 0.15) is 24.0 Å². The number of carbonyl (C=O) groups excluding carboxylic acids is 2. The zero-order valence-corrected chi connectivity index (χ0v) is 15.7. The molecule has 0 spiro atoms. The number of hydrogen-bond acceptors (Lipinski definition) is 4. The van der Waals surface area contributed by atoms with Crippen LogP contribution < -0.4 is 16.8 Å². The molecule has 1 fully saturated rings. The van der Waals surface area contributed by atoms with Crippen molar-refractivity contribution in [1.82, 2.24) is 10.2 Å². The van der Waals surface area contributed by atoms with Gasteiger partial charge in [0.15, 0.2) is 0 Å². The second-order valence-corrected chi connectivity index (χ2v) is 6.56. The van der Waals surface area contributed by atoms with Gasteiger partial charge in [-0.3, -0.25) is 9.59 Å². The van der Waals surface area contributed by atoms with Crippen molar-refractivity contribution < 1.29 is 9.59 Å². The summed E-state index contributed by atoms with van der Waals surface area (Å²) >= 11 is 0. The van der Waals surface area contributed by atoms with Gasteiger partial charge in [-0.2, -0.15) is 0 Å². The molecule has 5 N–H and O–H groups in total. The van der Waals surface area contributed by atoms with E-state index in [-0.39, 0.29) is 24.4 Å². The molecule has 0 saturated carbocycles. The Balaban J connectivity index is 0.000000313. The van der Waals surface area contributed by atoms with E-state index < -0.39 is 0 Å². The predicted octanol–water partition coefficient (Wildman–Crippen LogP) is 1.83. The van der Waals surface area contributed by atoms with Crippen LogP contribution in [0.4, 0.5) is 5.69 Å². The summed E-state index contributed by atoms with van der Waals surface area (Å²) in [7, 11) is 0. The maximum atomic E-state index is 12.1. The molecule has 1 unspecified atom stereocenters. The van der Waals surface area contributed by atoms with Gasteiger partial charge in [0.1, 0.15) is 6.04 Å². The monoisotopic (exact) mass is 368 g/mol. The summed E-state index contributed by atoms with van der Waals surface area (Å²) in [4.78, 5) is 25.4. The maximum Gasteiger partial charge on any atom is 0.243 e. The first-order valence-corrected chi connectivity index (χ1v) is 9.14. The van der Waals surface area contributed by atoms with Gasteiger partial charge in [0.2, 0.25) is 11.8 Å². The lowest BCUT2D eigenvalue weighted by Gasteiger charge is -2.23. The van der Waals surface area contributed by atoms with Crippen LogP contribution in [0.3, 0.4) is 0 Å². The number of nitrogens with zero attached hydrogens (tertiary/aromatic N) is 1. The molecule has 1 aliphatic heterocycles. The Morgan fingerprint density at radius 3 is 2.33 bits per heavy atom. The first-order valence-electron chi connectivity index (χ1n) is 9.14. The quantitative estimate of drug-likeness (QED) is 0.717. The minimum Gasteiger partial charge on any atom is -0.399 e. The zero-order valence-electron chi connectivity index (χ0n) is 15.7. The van der Waals surface area contributed by atoms with Crippen LogP contribution in [0.5, 0.6) is 0 Å². The van der Waals surface area contributed by atoms with E-state index in [0.29, 0.717) is 25.2 Å². The highest BCUT2D eigenvalue weighted by Gasteiger charge is 2.33. The van der Waals surface area contributed by atoms with E-state index in [1.807, 2.05) is 30.3 Å². The Kier molecular flexibility index (Phi) is 7.82. The molecular formula is C21H28N4O2. The fraction of sp³-hybridized carbons (Fsp3) is 0.333. The van der Waals surface area contributed by atoms with Crippen LogP contribution in [-0.4, -0.2) is 35.8 Å². The molecule has 144 valence electrons. The molecule has 1 aliphatic rings. The lowest BCUT2D eigenvalue weighted by molar-refractivity contribution is -0.137. The fourth-order valence-electron chi connectivity index (χ4n) is 2.93. The van der Waals surface area contributed by atoms with Crippen molar-refractivity contribution in [3.63, 3.8) is 0 Å². The fourth-order valence-corrected chi connectivity index (χ4v) is 2.93. The Labute approximate surface area is 160 Å². The van der Waals surface area contributed by atoms with Crippen LogP contribution in [0, 0.1) is 6.92 Å². The van der Waals surface area contributed by atoms with E-state index in [4.69, 9.17) is 11.5 Å². The van der Waals surface area contributed by atoms with Gasteiger partial charge in [-0.25, -0.2) is 0 Å². The number of benzene rings is 2. The van der Waals surface area contributed by atoms with Gasteiger partial charge >= 0.3 is 0 Å². The molecule has 0 radical (unpaired) electrons. The average molecular weight is 368 g/mol. The number of nitrogens with two attached hydrogens (primary N) is 2. The third-order valence-corrected chi connectivity index (χ3v) is 4.44. The Morgan fingerprint density at radius 1 is 1.11 bits per heavy atom. The molecule has 1 atom stereocenters. The molecule has 6 nitrogen and oxygen atoms in total. The molecular weight excluding hydrogens is 340 g/mol. The number of aryl methyl sites for hydroxylation is 1. The number of carbonyl (C=O) groups is 2. The number of anilines is 1. The Bertz CT molecular complexity index is 732. The van der Waals surface area contributed by atoms with Crippen molar-refractivity contribution in [3.05, 3.63) is 65.7 Å². The van der Waals surface area contributed by atoms with Crippen LogP contribution >= 0.6 is 0 Å². The standard InChI is InChI=1S/C14H20N4O2.C7H8/c15-8-13(19)18-7-1-2-12(18)14(20)17-9-10-3-5-11(16)6-4-10;1-7-5-3-2-4-6-7/h3-6,12H,1-2,7-9,15-16H2,(H,17,20);2-6H,1H3. The number of nitrogens with one attached hydrogen (secondary N) is 1. The van der Waals surface area contributed by atoms with Crippen LogP contribution in [0.15, 0.2) is 54.6 Å². The molecule has 2 aromatic carbocycles. The van der Waals surface area contributed by atoms with Gasteiger partial charge in [-0.05, 0) is 37.5 Å². The van der Waals surface area contributed by atoms with Crippen LogP contribution in [0.2, 0.25) is 0 Å². The molecule has 0 bridgehead atoms. The van der Waals surface area contributed by atoms with Gasteiger partial charge in [-0.1, -0.05) is 48.0 Å². The molecule has 3 rings (SSSR count). The summed E-state index contributed by atoms with van der Waals surface area (Å²) in [6.07, 6.45) is 1.53. The highest BCUT2D eigenvalue weighted by Crippen LogP contribution is 2.17. The minimum absolute atomic E-state index is 0.0538. The zero-order chi connectivity index (χ0) is 19.6. The van der Waals surface area contributed by atoms with Crippen molar-refractivity contribution in [3.8, 4) is 0 Å². The topological polar surface area (TPSA) is 101 Å². The Morgan fingerprint density at radius 2 is 1.78 bits per heavy atom. The number of likely N-dealkylation sites (tertiary alicyclic amines) is 1. The summed E-state index contributed by atoms with van der Waals surface area (Å²) < 4.78 is 0. The van der Waals surface area contributed by atoms with Gasteiger partial charge in [-0.15, -0.1) is 0 Å². The number of hydrogen-bond donors (Lipinski definition) is 3. The largest absolute Gasteiger partial charge is 0.399 e. The predicted molar refractivity (Wildman–Crippen MR) is 108 cm³/mol. The van der Waals surface area contributed by atoms with Crippen molar-refractivity contribution in [2.24, 2.45) is 5.73 Å². The third-order valence-electron chi connectivity index (χ3n) is 4.44.